The molecular formula is C17H20N4O2S. The molecule has 2 aromatic rings. The molecule has 24 heavy (non-hydrogen) atoms. The zero-order valence-electron chi connectivity index (χ0n) is 13.7. The topological polar surface area (TPSA) is 74.3 Å². The molecule has 0 unspecified atom stereocenters. The Balaban J connectivity index is 1.59. The first-order valence-corrected chi connectivity index (χ1v) is 8.73. The van der Waals surface area contributed by atoms with Crippen LogP contribution in [0.25, 0.3) is 0 Å². The summed E-state index contributed by atoms with van der Waals surface area (Å²) in [5, 5.41) is 8.68. The van der Waals surface area contributed by atoms with E-state index in [2.05, 4.69) is 15.6 Å². The van der Waals surface area contributed by atoms with Crippen LogP contribution < -0.4 is 10.6 Å². The Morgan fingerprint density at radius 3 is 2.83 bits per heavy atom. The van der Waals surface area contributed by atoms with E-state index in [1.165, 1.54) is 0 Å². The molecule has 1 aromatic carbocycles. The third kappa shape index (κ3) is 4.32. The van der Waals surface area contributed by atoms with Crippen molar-refractivity contribution in [1.29, 1.82) is 0 Å². The molecule has 2 N–H and O–H groups in total. The van der Waals surface area contributed by atoms with Crippen LogP contribution in [0.2, 0.25) is 0 Å². The Morgan fingerprint density at radius 1 is 1.38 bits per heavy atom. The fourth-order valence-corrected chi connectivity index (χ4v) is 2.85. The summed E-state index contributed by atoms with van der Waals surface area (Å²) in [5.41, 5.74) is 2.02. The first-order valence-electron chi connectivity index (χ1n) is 7.85. The summed E-state index contributed by atoms with van der Waals surface area (Å²) >= 11 is 1.56. The molecule has 1 aromatic heterocycles. The lowest BCUT2D eigenvalue weighted by molar-refractivity contribution is 0.0951. The smallest absolute Gasteiger partial charge is 0.321 e. The van der Waals surface area contributed by atoms with Gasteiger partial charge in [-0.05, 0) is 38.0 Å². The molecule has 1 saturated carbocycles. The van der Waals surface area contributed by atoms with Gasteiger partial charge in [0.15, 0.2) is 0 Å². The van der Waals surface area contributed by atoms with E-state index >= 15 is 0 Å². The quantitative estimate of drug-likeness (QED) is 0.875. The molecule has 0 atom stereocenters. The fourth-order valence-electron chi connectivity index (χ4n) is 2.25. The van der Waals surface area contributed by atoms with E-state index in [4.69, 9.17) is 0 Å². The second kappa shape index (κ2) is 7.00. The third-order valence-corrected chi connectivity index (χ3v) is 4.52. The number of rotatable bonds is 5. The van der Waals surface area contributed by atoms with E-state index in [9.17, 15) is 9.59 Å². The van der Waals surface area contributed by atoms with Crippen LogP contribution in [-0.4, -0.2) is 34.9 Å². The van der Waals surface area contributed by atoms with Gasteiger partial charge in [-0.1, -0.05) is 6.07 Å². The number of amides is 3. The van der Waals surface area contributed by atoms with Crippen molar-refractivity contribution < 1.29 is 9.59 Å². The van der Waals surface area contributed by atoms with Gasteiger partial charge in [-0.2, -0.15) is 0 Å². The Labute approximate surface area is 144 Å². The van der Waals surface area contributed by atoms with Gasteiger partial charge in [-0.15, -0.1) is 11.3 Å². The van der Waals surface area contributed by atoms with Gasteiger partial charge in [0.05, 0.1) is 17.2 Å². The molecular weight excluding hydrogens is 324 g/mol. The van der Waals surface area contributed by atoms with Gasteiger partial charge in [0.2, 0.25) is 0 Å². The molecule has 0 spiro atoms. The highest BCUT2D eigenvalue weighted by Gasteiger charge is 2.23. The molecule has 1 fully saturated rings. The lowest BCUT2D eigenvalue weighted by Gasteiger charge is -2.17. The number of aromatic nitrogens is 1. The standard InChI is InChI=1S/C17H20N4O2S/c1-11-18-15(10-24-11)9-21(2)17(23)20-14-5-3-4-12(8-14)16(22)19-13-6-7-13/h3-5,8,10,13H,6-7,9H2,1-2H3,(H,19,22)(H,20,23). The van der Waals surface area contributed by atoms with E-state index < -0.39 is 0 Å². The van der Waals surface area contributed by atoms with Crippen molar-refractivity contribution in [2.75, 3.05) is 12.4 Å². The van der Waals surface area contributed by atoms with Gasteiger partial charge < -0.3 is 15.5 Å². The monoisotopic (exact) mass is 344 g/mol. The maximum absolute atomic E-state index is 12.3. The minimum Gasteiger partial charge on any atom is -0.349 e. The van der Waals surface area contributed by atoms with Crippen LogP contribution in [0.4, 0.5) is 10.5 Å². The summed E-state index contributed by atoms with van der Waals surface area (Å²) in [5.74, 6) is -0.0973. The highest BCUT2D eigenvalue weighted by Crippen LogP contribution is 2.20. The summed E-state index contributed by atoms with van der Waals surface area (Å²) < 4.78 is 0. The van der Waals surface area contributed by atoms with Crippen molar-refractivity contribution in [3.63, 3.8) is 0 Å². The van der Waals surface area contributed by atoms with Crippen LogP contribution in [0.5, 0.6) is 0 Å². The predicted molar refractivity (Wildman–Crippen MR) is 94.3 cm³/mol. The van der Waals surface area contributed by atoms with E-state index in [1.807, 2.05) is 12.3 Å². The first kappa shape index (κ1) is 16.4. The second-order valence-electron chi connectivity index (χ2n) is 5.97. The normalized spacial score (nSPS) is 13.4. The second-order valence-corrected chi connectivity index (χ2v) is 7.03. The summed E-state index contributed by atoms with van der Waals surface area (Å²) in [7, 11) is 1.72. The van der Waals surface area contributed by atoms with Gasteiger partial charge in [-0.25, -0.2) is 9.78 Å². The van der Waals surface area contributed by atoms with Gasteiger partial charge >= 0.3 is 6.03 Å². The first-order chi connectivity index (χ1) is 11.5. The van der Waals surface area contributed by atoms with Crippen molar-refractivity contribution in [2.45, 2.75) is 32.4 Å². The van der Waals surface area contributed by atoms with E-state index in [0.29, 0.717) is 23.8 Å². The molecule has 0 radical (unpaired) electrons. The molecule has 1 aliphatic rings. The molecule has 0 aliphatic heterocycles. The maximum atomic E-state index is 12.3. The average molecular weight is 344 g/mol. The van der Waals surface area contributed by atoms with E-state index in [1.54, 1.807) is 47.5 Å². The molecule has 0 bridgehead atoms. The van der Waals surface area contributed by atoms with E-state index in [0.717, 1.165) is 23.5 Å². The number of hydrogen-bond donors (Lipinski definition) is 2. The van der Waals surface area contributed by atoms with E-state index in [-0.39, 0.29) is 11.9 Å². The number of nitrogens with zero attached hydrogens (tertiary/aromatic N) is 2. The highest BCUT2D eigenvalue weighted by molar-refractivity contribution is 7.09. The molecule has 1 heterocycles. The molecule has 3 rings (SSSR count). The number of carbonyl (C=O) groups is 2. The number of nitrogens with one attached hydrogen (secondary N) is 2. The van der Waals surface area contributed by atoms with Crippen molar-refractivity contribution in [1.82, 2.24) is 15.2 Å². The number of anilines is 1. The summed E-state index contributed by atoms with van der Waals surface area (Å²) in [6.45, 7) is 2.38. The zero-order valence-corrected chi connectivity index (χ0v) is 14.5. The molecule has 6 nitrogen and oxygen atoms in total. The van der Waals surface area contributed by atoms with Gasteiger partial charge in [0, 0.05) is 29.7 Å². The number of thiazole rings is 1. The number of carbonyl (C=O) groups excluding carboxylic acids is 2. The SMILES string of the molecule is Cc1nc(CN(C)C(=O)Nc2cccc(C(=O)NC3CC3)c2)cs1. The average Bonchev–Trinajstić information content (AvgIpc) is 3.28. The third-order valence-electron chi connectivity index (χ3n) is 3.70. The van der Waals surface area contributed by atoms with Crippen LogP contribution in [0.3, 0.4) is 0 Å². The molecule has 3 amide bonds. The van der Waals surface area contributed by atoms with Crippen molar-refractivity contribution in [3.05, 3.63) is 45.9 Å². The Bertz CT molecular complexity index is 755. The number of urea groups is 1. The Morgan fingerprint density at radius 2 is 2.17 bits per heavy atom. The van der Waals surface area contributed by atoms with Gasteiger partial charge in [0.1, 0.15) is 0 Å². The van der Waals surface area contributed by atoms with Crippen LogP contribution >= 0.6 is 11.3 Å². The minimum atomic E-state index is -0.236. The van der Waals surface area contributed by atoms with Crippen LogP contribution in [-0.2, 0) is 6.54 Å². The molecule has 126 valence electrons. The maximum Gasteiger partial charge on any atom is 0.321 e. The van der Waals surface area contributed by atoms with Crippen LogP contribution in [0.1, 0.15) is 33.9 Å². The fraction of sp³-hybridized carbons (Fsp3) is 0.353. The van der Waals surface area contributed by atoms with Crippen LogP contribution in [0, 0.1) is 6.92 Å². The van der Waals surface area contributed by atoms with Crippen molar-refractivity contribution in [3.8, 4) is 0 Å². The predicted octanol–water partition coefficient (Wildman–Crippen LogP) is 3.01. The van der Waals surface area contributed by atoms with Crippen molar-refractivity contribution in [2.24, 2.45) is 0 Å². The summed E-state index contributed by atoms with van der Waals surface area (Å²) in [6.07, 6.45) is 2.09. The molecule has 0 saturated heterocycles. The van der Waals surface area contributed by atoms with Gasteiger partial charge in [0.25, 0.3) is 5.91 Å². The number of benzene rings is 1. The lowest BCUT2D eigenvalue weighted by Crippen LogP contribution is -2.31. The Hall–Kier alpha value is -2.41. The van der Waals surface area contributed by atoms with Gasteiger partial charge in [-0.3, -0.25) is 4.79 Å². The number of hydrogen-bond acceptors (Lipinski definition) is 4. The number of aryl methyl sites for hydroxylation is 1. The minimum absolute atomic E-state index is 0.0973. The highest BCUT2D eigenvalue weighted by atomic mass is 32.1. The largest absolute Gasteiger partial charge is 0.349 e. The summed E-state index contributed by atoms with van der Waals surface area (Å²) in [6, 6.07) is 7.04. The van der Waals surface area contributed by atoms with Crippen molar-refractivity contribution >= 4 is 29.0 Å². The molecule has 1 aliphatic carbocycles. The zero-order chi connectivity index (χ0) is 17.1. The Kier molecular flexibility index (Phi) is 4.80. The lowest BCUT2D eigenvalue weighted by atomic mass is 10.2. The van der Waals surface area contributed by atoms with Crippen LogP contribution in [0.15, 0.2) is 29.6 Å². The molecule has 7 heteroatoms. The summed E-state index contributed by atoms with van der Waals surface area (Å²) in [4.78, 5) is 30.3.